The first-order chi connectivity index (χ1) is 14.5. The van der Waals surface area contributed by atoms with Gasteiger partial charge in [0.1, 0.15) is 5.75 Å². The van der Waals surface area contributed by atoms with Crippen molar-refractivity contribution >= 4 is 22.5 Å². The van der Waals surface area contributed by atoms with Crippen molar-refractivity contribution < 1.29 is 13.9 Å². The smallest absolute Gasteiger partial charge is 0.347 e. The predicted molar refractivity (Wildman–Crippen MR) is 116 cm³/mol. The Labute approximate surface area is 173 Å². The van der Waals surface area contributed by atoms with Gasteiger partial charge < -0.3 is 14.5 Å². The molecule has 6 nitrogen and oxygen atoms in total. The van der Waals surface area contributed by atoms with Crippen LogP contribution in [0.25, 0.3) is 22.4 Å². The highest BCUT2D eigenvalue weighted by atomic mass is 16.5. The van der Waals surface area contributed by atoms with Gasteiger partial charge in [0.2, 0.25) is 5.89 Å². The Balaban J connectivity index is 1.49. The number of aryl methyl sites for hydroxylation is 2. The Morgan fingerprint density at radius 2 is 1.83 bits per heavy atom. The first-order valence-corrected chi connectivity index (χ1v) is 9.50. The number of rotatable bonds is 5. The van der Waals surface area contributed by atoms with Gasteiger partial charge in [-0.15, -0.1) is 0 Å². The molecule has 0 aliphatic heterocycles. The normalized spacial score (nSPS) is 10.7. The van der Waals surface area contributed by atoms with E-state index in [1.54, 1.807) is 42.5 Å². The SMILES string of the molecule is Cc1ccc(OCC(=O)Nc2cccc(-c3nc4ccccc4c(=O)o3)c2)cc1C. The van der Waals surface area contributed by atoms with Crippen molar-refractivity contribution in [2.24, 2.45) is 0 Å². The molecular formula is C24H20N2O4. The van der Waals surface area contributed by atoms with Crippen LogP contribution < -0.4 is 15.7 Å². The third kappa shape index (κ3) is 4.22. The Bertz CT molecular complexity index is 1290. The number of fused-ring (bicyclic) bond motifs is 1. The molecule has 0 fully saturated rings. The molecule has 0 atom stereocenters. The van der Waals surface area contributed by atoms with E-state index >= 15 is 0 Å². The summed E-state index contributed by atoms with van der Waals surface area (Å²) in [4.78, 5) is 28.9. The molecule has 0 spiro atoms. The number of anilines is 1. The maximum atomic E-state index is 12.3. The zero-order valence-corrected chi connectivity index (χ0v) is 16.6. The second-order valence-corrected chi connectivity index (χ2v) is 6.99. The average Bonchev–Trinajstić information content (AvgIpc) is 2.75. The topological polar surface area (TPSA) is 81.4 Å². The summed E-state index contributed by atoms with van der Waals surface area (Å²) in [6.07, 6.45) is 0. The van der Waals surface area contributed by atoms with Crippen LogP contribution in [0.15, 0.2) is 75.9 Å². The van der Waals surface area contributed by atoms with Crippen molar-refractivity contribution in [3.05, 3.63) is 88.3 Å². The van der Waals surface area contributed by atoms with Crippen molar-refractivity contribution in [2.75, 3.05) is 11.9 Å². The number of ether oxygens (including phenoxy) is 1. The molecule has 0 aliphatic rings. The van der Waals surface area contributed by atoms with Gasteiger partial charge >= 0.3 is 5.63 Å². The van der Waals surface area contributed by atoms with Crippen LogP contribution in [0.4, 0.5) is 5.69 Å². The molecule has 4 aromatic rings. The van der Waals surface area contributed by atoms with Gasteiger partial charge in [-0.3, -0.25) is 4.79 Å². The maximum absolute atomic E-state index is 12.3. The van der Waals surface area contributed by atoms with Crippen molar-refractivity contribution in [2.45, 2.75) is 13.8 Å². The average molecular weight is 400 g/mol. The van der Waals surface area contributed by atoms with Crippen LogP contribution in [0.2, 0.25) is 0 Å². The van der Waals surface area contributed by atoms with E-state index < -0.39 is 5.63 Å². The summed E-state index contributed by atoms with van der Waals surface area (Å²) in [6, 6.07) is 19.7. The summed E-state index contributed by atoms with van der Waals surface area (Å²) in [5.74, 6) is 0.545. The van der Waals surface area contributed by atoms with E-state index in [9.17, 15) is 9.59 Å². The minimum atomic E-state index is -0.452. The summed E-state index contributed by atoms with van der Waals surface area (Å²) in [5.41, 5.74) is 3.51. The molecule has 1 amide bonds. The number of nitrogens with one attached hydrogen (secondary N) is 1. The number of aromatic nitrogens is 1. The first kappa shape index (κ1) is 19.4. The Morgan fingerprint density at radius 1 is 1.00 bits per heavy atom. The number of hydrogen-bond donors (Lipinski definition) is 1. The fourth-order valence-electron chi connectivity index (χ4n) is 3.02. The van der Waals surface area contributed by atoms with E-state index in [1.807, 2.05) is 38.1 Å². The minimum Gasteiger partial charge on any atom is -0.484 e. The molecule has 4 rings (SSSR count). The van der Waals surface area contributed by atoms with Crippen LogP contribution in [0.5, 0.6) is 5.75 Å². The lowest BCUT2D eigenvalue weighted by molar-refractivity contribution is -0.118. The van der Waals surface area contributed by atoms with Gasteiger partial charge in [0, 0.05) is 11.3 Å². The molecule has 6 heteroatoms. The Kier molecular flexibility index (Phi) is 5.30. The largest absolute Gasteiger partial charge is 0.484 e. The second-order valence-electron chi connectivity index (χ2n) is 6.99. The molecule has 0 bridgehead atoms. The number of benzene rings is 3. The molecule has 1 N–H and O–H groups in total. The highest BCUT2D eigenvalue weighted by Gasteiger charge is 2.10. The summed E-state index contributed by atoms with van der Waals surface area (Å²) < 4.78 is 10.9. The van der Waals surface area contributed by atoms with E-state index in [-0.39, 0.29) is 18.4 Å². The number of amides is 1. The van der Waals surface area contributed by atoms with Crippen LogP contribution in [0.1, 0.15) is 11.1 Å². The quantitative estimate of drug-likeness (QED) is 0.534. The van der Waals surface area contributed by atoms with E-state index in [1.165, 1.54) is 0 Å². The molecule has 0 aliphatic carbocycles. The lowest BCUT2D eigenvalue weighted by Gasteiger charge is -2.10. The fourth-order valence-corrected chi connectivity index (χ4v) is 3.02. The first-order valence-electron chi connectivity index (χ1n) is 9.50. The van der Waals surface area contributed by atoms with E-state index in [2.05, 4.69) is 10.3 Å². The van der Waals surface area contributed by atoms with Crippen molar-refractivity contribution in [1.82, 2.24) is 4.98 Å². The van der Waals surface area contributed by atoms with Crippen LogP contribution in [-0.2, 0) is 4.79 Å². The molecular weight excluding hydrogens is 380 g/mol. The summed E-state index contributed by atoms with van der Waals surface area (Å²) >= 11 is 0. The lowest BCUT2D eigenvalue weighted by Crippen LogP contribution is -2.20. The molecule has 150 valence electrons. The van der Waals surface area contributed by atoms with Crippen LogP contribution in [-0.4, -0.2) is 17.5 Å². The van der Waals surface area contributed by atoms with E-state index in [0.717, 1.165) is 11.1 Å². The zero-order chi connectivity index (χ0) is 21.1. The summed E-state index contributed by atoms with van der Waals surface area (Å²) in [7, 11) is 0. The van der Waals surface area contributed by atoms with E-state index in [4.69, 9.17) is 9.15 Å². The maximum Gasteiger partial charge on any atom is 0.347 e. The van der Waals surface area contributed by atoms with E-state index in [0.29, 0.717) is 27.9 Å². The van der Waals surface area contributed by atoms with Crippen molar-refractivity contribution in [1.29, 1.82) is 0 Å². The second kappa shape index (κ2) is 8.21. The number of hydrogen-bond acceptors (Lipinski definition) is 5. The van der Waals surface area contributed by atoms with Crippen LogP contribution in [0, 0.1) is 13.8 Å². The number of carbonyl (C=O) groups is 1. The van der Waals surface area contributed by atoms with Gasteiger partial charge in [-0.25, -0.2) is 9.78 Å². The molecule has 1 heterocycles. The van der Waals surface area contributed by atoms with Crippen molar-refractivity contribution in [3.8, 4) is 17.2 Å². The number of carbonyl (C=O) groups excluding carboxylic acids is 1. The molecule has 0 saturated carbocycles. The number of para-hydroxylation sites is 1. The third-order valence-electron chi connectivity index (χ3n) is 4.78. The summed E-state index contributed by atoms with van der Waals surface area (Å²) in [5, 5.41) is 3.21. The molecule has 0 radical (unpaired) electrons. The Morgan fingerprint density at radius 3 is 2.67 bits per heavy atom. The highest BCUT2D eigenvalue weighted by molar-refractivity contribution is 5.92. The molecule has 0 unspecified atom stereocenters. The third-order valence-corrected chi connectivity index (χ3v) is 4.78. The monoisotopic (exact) mass is 400 g/mol. The molecule has 30 heavy (non-hydrogen) atoms. The van der Waals surface area contributed by atoms with Gasteiger partial charge in [0.05, 0.1) is 10.9 Å². The lowest BCUT2D eigenvalue weighted by atomic mass is 10.1. The predicted octanol–water partition coefficient (Wildman–Crippen LogP) is 4.49. The van der Waals surface area contributed by atoms with Crippen LogP contribution >= 0.6 is 0 Å². The van der Waals surface area contributed by atoms with Gasteiger partial charge in [0.15, 0.2) is 6.61 Å². The molecule has 3 aromatic carbocycles. The number of nitrogens with zero attached hydrogens (tertiary/aromatic N) is 1. The molecule has 0 saturated heterocycles. The van der Waals surface area contributed by atoms with Gasteiger partial charge in [-0.1, -0.05) is 24.3 Å². The van der Waals surface area contributed by atoms with Gasteiger partial charge in [-0.2, -0.15) is 0 Å². The fraction of sp³-hybridized carbons (Fsp3) is 0.125. The van der Waals surface area contributed by atoms with Crippen LogP contribution in [0.3, 0.4) is 0 Å². The molecule has 1 aromatic heterocycles. The van der Waals surface area contributed by atoms with Gasteiger partial charge in [-0.05, 0) is 67.4 Å². The standard InChI is InChI=1S/C24H20N2O4/c1-15-10-11-19(12-16(15)2)29-14-22(27)25-18-7-5-6-17(13-18)23-26-21-9-4-3-8-20(21)24(28)30-23/h3-13H,14H2,1-2H3,(H,25,27). The highest BCUT2D eigenvalue weighted by Crippen LogP contribution is 2.22. The minimum absolute atomic E-state index is 0.115. The summed E-state index contributed by atoms with van der Waals surface area (Å²) in [6.45, 7) is 3.90. The van der Waals surface area contributed by atoms with Gasteiger partial charge in [0.25, 0.3) is 5.91 Å². The zero-order valence-electron chi connectivity index (χ0n) is 16.6. The Hall–Kier alpha value is -3.93. The van der Waals surface area contributed by atoms with Crippen molar-refractivity contribution in [3.63, 3.8) is 0 Å².